The molecule has 12 heteroatoms. The predicted octanol–water partition coefficient (Wildman–Crippen LogP) is 5.53. The Morgan fingerprint density at radius 1 is 1.13 bits per heavy atom. The minimum Gasteiger partial charge on any atom is -0.466 e. The van der Waals surface area contributed by atoms with Crippen molar-refractivity contribution in [3.63, 3.8) is 0 Å². The van der Waals surface area contributed by atoms with Crippen LogP contribution in [0.2, 0.25) is 0 Å². The molecule has 1 saturated heterocycles. The van der Waals surface area contributed by atoms with Crippen LogP contribution in [-0.2, 0) is 28.5 Å². The first-order valence-electron chi connectivity index (χ1n) is 12.2. The number of piperidine rings is 1. The highest BCUT2D eigenvalue weighted by molar-refractivity contribution is 7.12. The lowest BCUT2D eigenvalue weighted by molar-refractivity contribution is -0.148. The number of carbonyl (C=O) groups excluding carboxylic acids is 2. The van der Waals surface area contributed by atoms with Crippen LogP contribution in [0.15, 0.2) is 30.6 Å². The van der Waals surface area contributed by atoms with Gasteiger partial charge in [-0.25, -0.2) is 19.3 Å². The third-order valence-corrected chi connectivity index (χ3v) is 7.48. The fourth-order valence-electron chi connectivity index (χ4n) is 4.29. The second-order valence-electron chi connectivity index (χ2n) is 8.80. The Bertz CT molecular complexity index is 1300. The normalized spacial score (nSPS) is 14.5. The highest BCUT2D eigenvalue weighted by atomic mass is 32.1. The number of carbonyl (C=O) groups is 2. The average Bonchev–Trinajstić information content (AvgIpc) is 3.31. The summed E-state index contributed by atoms with van der Waals surface area (Å²) in [6.45, 7) is 5.20. The number of esters is 1. The molecule has 2 aromatic heterocycles. The number of nitrogens with zero attached hydrogens (tertiary/aromatic N) is 4. The Labute approximate surface area is 220 Å². The lowest BCUT2D eigenvalue weighted by Crippen LogP contribution is -2.37. The molecule has 1 fully saturated rings. The second kappa shape index (κ2) is 11.5. The van der Waals surface area contributed by atoms with Crippen molar-refractivity contribution in [1.29, 1.82) is 0 Å². The largest absolute Gasteiger partial charge is 0.466 e. The monoisotopic (exact) mass is 550 g/mol. The van der Waals surface area contributed by atoms with Crippen LogP contribution in [-0.4, -0.2) is 46.4 Å². The molecule has 0 N–H and O–H groups in total. The van der Waals surface area contributed by atoms with E-state index >= 15 is 0 Å². The van der Waals surface area contributed by atoms with Crippen molar-refractivity contribution in [1.82, 2.24) is 15.0 Å². The zero-order valence-electron chi connectivity index (χ0n) is 20.8. The van der Waals surface area contributed by atoms with Crippen molar-refractivity contribution in [2.75, 3.05) is 24.6 Å². The summed E-state index contributed by atoms with van der Waals surface area (Å²) < 4.78 is 58.4. The Morgan fingerprint density at radius 2 is 1.87 bits per heavy atom. The lowest BCUT2D eigenvalue weighted by atomic mass is 9.97. The van der Waals surface area contributed by atoms with Gasteiger partial charge in [0.05, 0.1) is 42.6 Å². The third kappa shape index (κ3) is 6.17. The fourth-order valence-corrected chi connectivity index (χ4v) is 5.32. The van der Waals surface area contributed by atoms with E-state index in [2.05, 4.69) is 15.0 Å². The van der Waals surface area contributed by atoms with Crippen molar-refractivity contribution in [3.8, 4) is 11.3 Å². The van der Waals surface area contributed by atoms with Crippen LogP contribution in [0.1, 0.15) is 52.6 Å². The maximum absolute atomic E-state index is 13.7. The van der Waals surface area contributed by atoms with Crippen molar-refractivity contribution >= 4 is 28.9 Å². The molecule has 0 radical (unpaired) electrons. The number of halogens is 4. The van der Waals surface area contributed by atoms with Crippen LogP contribution >= 0.6 is 11.3 Å². The molecule has 0 atom stereocenters. The van der Waals surface area contributed by atoms with Gasteiger partial charge in [0.1, 0.15) is 22.3 Å². The van der Waals surface area contributed by atoms with E-state index in [4.69, 9.17) is 4.74 Å². The molecule has 0 aliphatic carbocycles. The van der Waals surface area contributed by atoms with Gasteiger partial charge in [-0.15, -0.1) is 11.3 Å². The standard InChI is InChI=1S/C26H26F4N4O3S/c1-3-21-24(16-5-6-18(27)17(11-16)26(28,29)30)33-23(38-21)12-20(35)19-13-32-22(14-31-19)34-9-7-15(8-10-34)25(36)37-4-2/h5-6,11,13-15H,3-4,7-10,12H2,1-2H3. The van der Waals surface area contributed by atoms with E-state index in [0.717, 1.165) is 12.1 Å². The number of ether oxygens (including phenoxy) is 1. The summed E-state index contributed by atoms with van der Waals surface area (Å²) in [5.41, 5.74) is -0.769. The molecule has 0 amide bonds. The maximum Gasteiger partial charge on any atom is 0.419 e. The highest BCUT2D eigenvalue weighted by Gasteiger charge is 2.34. The molecule has 38 heavy (non-hydrogen) atoms. The van der Waals surface area contributed by atoms with Gasteiger partial charge in [-0.3, -0.25) is 9.59 Å². The van der Waals surface area contributed by atoms with E-state index in [9.17, 15) is 27.2 Å². The molecule has 0 unspecified atom stereocenters. The first-order valence-corrected chi connectivity index (χ1v) is 13.0. The zero-order valence-corrected chi connectivity index (χ0v) is 21.7. The summed E-state index contributed by atoms with van der Waals surface area (Å²) in [6.07, 6.45) is -0.244. The number of aryl methyl sites for hydroxylation is 1. The molecule has 3 aromatic rings. The summed E-state index contributed by atoms with van der Waals surface area (Å²) in [5.74, 6) is -1.40. The van der Waals surface area contributed by atoms with Gasteiger partial charge in [-0.1, -0.05) is 6.92 Å². The van der Waals surface area contributed by atoms with Crippen LogP contribution in [0.4, 0.5) is 23.4 Å². The molecule has 1 aromatic carbocycles. The summed E-state index contributed by atoms with van der Waals surface area (Å²) in [4.78, 5) is 40.5. The van der Waals surface area contributed by atoms with E-state index in [1.165, 1.54) is 29.8 Å². The molecule has 0 spiro atoms. The highest BCUT2D eigenvalue weighted by Crippen LogP contribution is 2.36. The van der Waals surface area contributed by atoms with Gasteiger partial charge in [0.15, 0.2) is 5.78 Å². The van der Waals surface area contributed by atoms with Crippen LogP contribution in [0.25, 0.3) is 11.3 Å². The molecule has 1 aliphatic heterocycles. The Balaban J connectivity index is 1.44. The van der Waals surface area contributed by atoms with Crippen molar-refractivity contribution in [2.45, 2.75) is 45.7 Å². The number of alkyl halides is 3. The Hall–Kier alpha value is -3.41. The first kappa shape index (κ1) is 27.6. The number of benzene rings is 1. The summed E-state index contributed by atoms with van der Waals surface area (Å²) >= 11 is 1.23. The SMILES string of the molecule is CCOC(=O)C1CCN(c2cnc(C(=O)Cc3nc(-c4ccc(F)c(C(F)(F)F)c4)c(CC)s3)cn2)CC1. The molecular weight excluding hydrogens is 524 g/mol. The lowest BCUT2D eigenvalue weighted by Gasteiger charge is -2.31. The van der Waals surface area contributed by atoms with Crippen LogP contribution in [0.3, 0.4) is 0 Å². The predicted molar refractivity (Wildman–Crippen MR) is 134 cm³/mol. The number of anilines is 1. The molecule has 3 heterocycles. The van der Waals surface area contributed by atoms with E-state index in [1.54, 1.807) is 6.92 Å². The Kier molecular flexibility index (Phi) is 8.39. The van der Waals surface area contributed by atoms with Gasteiger partial charge in [-0.2, -0.15) is 13.2 Å². The van der Waals surface area contributed by atoms with Crippen molar-refractivity contribution in [3.05, 3.63) is 57.6 Å². The number of ketones is 1. The number of Topliss-reactive ketones (excluding diaryl/α,β-unsaturated/α-hetero) is 1. The first-order chi connectivity index (χ1) is 18.1. The molecule has 7 nitrogen and oxygen atoms in total. The van der Waals surface area contributed by atoms with Gasteiger partial charge < -0.3 is 9.64 Å². The summed E-state index contributed by atoms with van der Waals surface area (Å²) in [7, 11) is 0. The molecule has 202 valence electrons. The van der Waals surface area contributed by atoms with Crippen molar-refractivity contribution < 1.29 is 31.9 Å². The Morgan fingerprint density at radius 3 is 2.47 bits per heavy atom. The maximum atomic E-state index is 13.7. The third-order valence-electron chi connectivity index (χ3n) is 6.28. The summed E-state index contributed by atoms with van der Waals surface area (Å²) in [5, 5.41) is 0.423. The van der Waals surface area contributed by atoms with Gasteiger partial charge in [0.2, 0.25) is 0 Å². The topological polar surface area (TPSA) is 85.3 Å². The quantitative estimate of drug-likeness (QED) is 0.207. The number of hydrogen-bond acceptors (Lipinski definition) is 8. The number of thiazole rings is 1. The zero-order chi connectivity index (χ0) is 27.4. The molecule has 0 bridgehead atoms. The van der Waals surface area contributed by atoms with Crippen LogP contribution in [0.5, 0.6) is 0 Å². The molecule has 0 saturated carbocycles. The molecule has 1 aliphatic rings. The van der Waals surface area contributed by atoms with E-state index < -0.39 is 17.6 Å². The fraction of sp³-hybridized carbons (Fsp3) is 0.423. The second-order valence-corrected chi connectivity index (χ2v) is 9.97. The van der Waals surface area contributed by atoms with Gasteiger partial charge >= 0.3 is 12.1 Å². The number of rotatable bonds is 8. The van der Waals surface area contributed by atoms with E-state index in [-0.39, 0.29) is 35.3 Å². The smallest absolute Gasteiger partial charge is 0.419 e. The molecule has 4 rings (SSSR count). The van der Waals surface area contributed by atoms with Crippen molar-refractivity contribution in [2.24, 2.45) is 5.92 Å². The van der Waals surface area contributed by atoms with Gasteiger partial charge in [0, 0.05) is 23.5 Å². The number of hydrogen-bond donors (Lipinski definition) is 0. The van der Waals surface area contributed by atoms with E-state index in [0.29, 0.717) is 60.4 Å². The minimum absolute atomic E-state index is 0.0933. The van der Waals surface area contributed by atoms with Gasteiger partial charge in [0.25, 0.3) is 0 Å². The minimum atomic E-state index is -4.83. The number of aromatic nitrogens is 3. The summed E-state index contributed by atoms with van der Waals surface area (Å²) in [6, 6.07) is 2.78. The average molecular weight is 551 g/mol. The van der Waals surface area contributed by atoms with Gasteiger partial charge in [-0.05, 0) is 44.4 Å². The van der Waals surface area contributed by atoms with E-state index in [1.807, 2.05) is 11.8 Å². The molecular formula is C26H26F4N4O3S. The van der Waals surface area contributed by atoms with Crippen LogP contribution < -0.4 is 4.90 Å². The van der Waals surface area contributed by atoms with Crippen LogP contribution in [0, 0.1) is 11.7 Å².